The number of benzene rings is 1. The number of nitrogens with zero attached hydrogens (tertiary/aromatic N) is 5. The molecule has 1 amide bonds. The number of hydrogen-bond acceptors (Lipinski definition) is 8. The van der Waals surface area contributed by atoms with Crippen LogP contribution in [0, 0.1) is 17.2 Å². The van der Waals surface area contributed by atoms with Crippen LogP contribution in [0.1, 0.15) is 25.8 Å². The molecule has 3 aromatic heterocycles. The SMILES string of the molecule is CC(C)CC(N)C(=O)OCn1cc(-c2cccc(C#N)c2)c2cc(-c3cncc(NC(=O)/C=C/CN(C)C)c3)cnc21. The molecule has 0 spiro atoms. The van der Waals surface area contributed by atoms with Crippen molar-refractivity contribution in [3.8, 4) is 28.3 Å². The third-order valence-electron chi connectivity index (χ3n) is 6.47. The average Bonchev–Trinajstić information content (AvgIpc) is 3.33. The Morgan fingerprint density at radius 3 is 2.67 bits per heavy atom. The molecule has 0 saturated carbocycles. The number of hydrogen-bond donors (Lipinski definition) is 2. The fourth-order valence-electron chi connectivity index (χ4n) is 4.48. The first kappa shape index (κ1) is 30.1. The standard InChI is InChI=1S/C32H35N7O3/c1-21(2)11-29(34)32(41)42-20-39-19-28(23-8-5-7-22(12-23)15-33)27-14-25(17-36-31(27)39)24-13-26(18-35-16-24)37-30(40)9-6-10-38(3)4/h5-9,12-14,16-19,21,29H,10-11,20,34H2,1-4H3,(H,37,40)/b9-6+. The summed E-state index contributed by atoms with van der Waals surface area (Å²) in [6.07, 6.45) is 10.7. The Balaban J connectivity index is 1.68. The van der Waals surface area contributed by atoms with Gasteiger partial charge in [-0.2, -0.15) is 5.26 Å². The van der Waals surface area contributed by atoms with Crippen LogP contribution < -0.4 is 11.1 Å². The first-order valence-corrected chi connectivity index (χ1v) is 13.6. The summed E-state index contributed by atoms with van der Waals surface area (Å²) in [5, 5.41) is 13.1. The Hall–Kier alpha value is -4.85. The van der Waals surface area contributed by atoms with Crippen molar-refractivity contribution >= 4 is 28.6 Å². The zero-order valence-electron chi connectivity index (χ0n) is 24.2. The number of aromatic nitrogens is 3. The van der Waals surface area contributed by atoms with Crippen molar-refractivity contribution in [3.05, 3.63) is 78.9 Å². The van der Waals surface area contributed by atoms with Crippen LogP contribution in [0.15, 0.2) is 73.3 Å². The van der Waals surface area contributed by atoms with Crippen LogP contribution in [0.25, 0.3) is 33.3 Å². The molecule has 42 heavy (non-hydrogen) atoms. The molecule has 4 rings (SSSR count). The van der Waals surface area contributed by atoms with Gasteiger partial charge >= 0.3 is 5.97 Å². The van der Waals surface area contributed by atoms with E-state index in [0.717, 1.165) is 27.6 Å². The van der Waals surface area contributed by atoms with Crippen molar-refractivity contribution in [2.75, 3.05) is 26.0 Å². The molecular weight excluding hydrogens is 530 g/mol. The van der Waals surface area contributed by atoms with Gasteiger partial charge in [0.25, 0.3) is 0 Å². The van der Waals surface area contributed by atoms with E-state index in [1.54, 1.807) is 41.4 Å². The normalized spacial score (nSPS) is 12.1. The third-order valence-corrected chi connectivity index (χ3v) is 6.47. The predicted octanol–water partition coefficient (Wildman–Crippen LogP) is 4.57. The Morgan fingerprint density at radius 1 is 1.14 bits per heavy atom. The molecule has 0 fully saturated rings. The molecule has 0 aliphatic rings. The lowest BCUT2D eigenvalue weighted by atomic mass is 10.0. The van der Waals surface area contributed by atoms with Crippen LogP contribution in [0.5, 0.6) is 0 Å². The lowest BCUT2D eigenvalue weighted by Crippen LogP contribution is -2.33. The van der Waals surface area contributed by atoms with Gasteiger partial charge in [0.2, 0.25) is 5.91 Å². The van der Waals surface area contributed by atoms with Gasteiger partial charge in [0.15, 0.2) is 6.73 Å². The summed E-state index contributed by atoms with van der Waals surface area (Å²) in [6, 6.07) is 12.6. The van der Waals surface area contributed by atoms with Crippen molar-refractivity contribution in [2.45, 2.75) is 33.0 Å². The molecule has 1 aromatic carbocycles. The van der Waals surface area contributed by atoms with E-state index in [1.165, 1.54) is 6.08 Å². The summed E-state index contributed by atoms with van der Waals surface area (Å²) in [4.78, 5) is 35.9. The third kappa shape index (κ3) is 7.66. The fraction of sp³-hybridized carbons (Fsp3) is 0.281. The van der Waals surface area contributed by atoms with E-state index in [9.17, 15) is 14.9 Å². The van der Waals surface area contributed by atoms with E-state index in [-0.39, 0.29) is 18.6 Å². The first-order valence-electron chi connectivity index (χ1n) is 13.6. The maximum atomic E-state index is 12.5. The Kier molecular flexibility index (Phi) is 9.81. The molecule has 0 bridgehead atoms. The van der Waals surface area contributed by atoms with Gasteiger partial charge in [-0.3, -0.25) is 19.1 Å². The van der Waals surface area contributed by atoms with E-state index in [2.05, 4.69) is 16.4 Å². The van der Waals surface area contributed by atoms with Crippen molar-refractivity contribution in [3.63, 3.8) is 0 Å². The molecule has 0 aliphatic carbocycles. The minimum absolute atomic E-state index is 0.0597. The summed E-state index contributed by atoms with van der Waals surface area (Å²) in [5.41, 5.74) is 10.9. The van der Waals surface area contributed by atoms with Crippen LogP contribution in [0.2, 0.25) is 0 Å². The molecule has 4 aromatic rings. The molecule has 1 unspecified atom stereocenters. The topological polar surface area (TPSA) is 139 Å². The lowest BCUT2D eigenvalue weighted by Gasteiger charge is -2.14. The average molecular weight is 566 g/mol. The predicted molar refractivity (Wildman–Crippen MR) is 163 cm³/mol. The monoisotopic (exact) mass is 565 g/mol. The number of carbonyl (C=O) groups is 2. The first-order chi connectivity index (χ1) is 20.1. The largest absolute Gasteiger partial charge is 0.443 e. The Labute approximate surface area is 245 Å². The van der Waals surface area contributed by atoms with Crippen LogP contribution in [-0.2, 0) is 21.1 Å². The molecule has 0 saturated heterocycles. The maximum Gasteiger partial charge on any atom is 0.324 e. The van der Waals surface area contributed by atoms with Crippen molar-refractivity contribution in [1.29, 1.82) is 5.26 Å². The Morgan fingerprint density at radius 2 is 1.93 bits per heavy atom. The summed E-state index contributed by atoms with van der Waals surface area (Å²) in [6.45, 7) is 4.59. The van der Waals surface area contributed by atoms with Gasteiger partial charge in [0.05, 0.1) is 23.5 Å². The number of anilines is 1. The molecule has 10 nitrogen and oxygen atoms in total. The minimum Gasteiger partial charge on any atom is -0.443 e. The van der Waals surface area contributed by atoms with E-state index in [1.807, 2.05) is 63.3 Å². The zero-order valence-corrected chi connectivity index (χ0v) is 24.2. The van der Waals surface area contributed by atoms with Gasteiger partial charge in [0, 0.05) is 53.3 Å². The lowest BCUT2D eigenvalue weighted by molar-refractivity contribution is -0.149. The maximum absolute atomic E-state index is 12.5. The highest BCUT2D eigenvalue weighted by atomic mass is 16.5. The van der Waals surface area contributed by atoms with E-state index >= 15 is 0 Å². The summed E-state index contributed by atoms with van der Waals surface area (Å²) < 4.78 is 7.30. The molecule has 3 heterocycles. The second-order valence-corrected chi connectivity index (χ2v) is 10.7. The van der Waals surface area contributed by atoms with E-state index in [0.29, 0.717) is 29.9 Å². The number of pyridine rings is 2. The number of nitrogens with two attached hydrogens (primary N) is 1. The van der Waals surface area contributed by atoms with Gasteiger partial charge < -0.3 is 20.7 Å². The summed E-state index contributed by atoms with van der Waals surface area (Å²) in [5.74, 6) is -0.458. The number of fused-ring (bicyclic) bond motifs is 1. The van der Waals surface area contributed by atoms with Crippen LogP contribution in [0.4, 0.5) is 5.69 Å². The van der Waals surface area contributed by atoms with E-state index < -0.39 is 12.0 Å². The van der Waals surface area contributed by atoms with Gasteiger partial charge in [0.1, 0.15) is 11.7 Å². The number of rotatable bonds is 11. The minimum atomic E-state index is -0.707. The number of nitriles is 1. The highest BCUT2D eigenvalue weighted by molar-refractivity contribution is 6.00. The number of esters is 1. The van der Waals surface area contributed by atoms with Crippen molar-refractivity contribution in [1.82, 2.24) is 19.4 Å². The van der Waals surface area contributed by atoms with Crippen LogP contribution in [0.3, 0.4) is 0 Å². The fourth-order valence-corrected chi connectivity index (χ4v) is 4.48. The number of ether oxygens (including phenoxy) is 1. The number of nitrogens with one attached hydrogen (secondary N) is 1. The molecular formula is C32H35N7O3. The molecule has 0 radical (unpaired) electrons. The van der Waals surface area contributed by atoms with Gasteiger partial charge in [-0.15, -0.1) is 0 Å². The molecule has 10 heteroatoms. The van der Waals surface area contributed by atoms with Gasteiger partial charge in [-0.1, -0.05) is 32.1 Å². The summed E-state index contributed by atoms with van der Waals surface area (Å²) >= 11 is 0. The van der Waals surface area contributed by atoms with Gasteiger partial charge in [-0.05, 0) is 56.3 Å². The number of amides is 1. The molecule has 3 N–H and O–H groups in total. The van der Waals surface area contributed by atoms with Crippen molar-refractivity contribution in [2.24, 2.45) is 11.7 Å². The zero-order chi connectivity index (χ0) is 30.2. The molecule has 0 aliphatic heterocycles. The smallest absolute Gasteiger partial charge is 0.324 e. The molecule has 1 atom stereocenters. The Bertz CT molecular complexity index is 1650. The highest BCUT2D eigenvalue weighted by Gasteiger charge is 2.19. The highest BCUT2D eigenvalue weighted by Crippen LogP contribution is 2.33. The quantitative estimate of drug-likeness (QED) is 0.199. The number of likely N-dealkylation sites (N-methyl/N-ethyl adjacent to an activating group) is 1. The van der Waals surface area contributed by atoms with Gasteiger partial charge in [-0.25, -0.2) is 4.98 Å². The second-order valence-electron chi connectivity index (χ2n) is 10.7. The summed E-state index contributed by atoms with van der Waals surface area (Å²) in [7, 11) is 3.85. The van der Waals surface area contributed by atoms with Crippen LogP contribution in [-0.4, -0.2) is 58.0 Å². The van der Waals surface area contributed by atoms with E-state index in [4.69, 9.17) is 15.5 Å². The van der Waals surface area contributed by atoms with Crippen molar-refractivity contribution < 1.29 is 14.3 Å². The second kappa shape index (κ2) is 13.7. The molecule has 216 valence electrons. The van der Waals surface area contributed by atoms with Crippen LogP contribution >= 0.6 is 0 Å². The number of carbonyl (C=O) groups excluding carboxylic acids is 2.